The quantitative estimate of drug-likeness (QED) is 0.302. The highest BCUT2D eigenvalue weighted by Crippen LogP contribution is 2.36. The molecule has 0 aliphatic heterocycles. The van der Waals surface area contributed by atoms with E-state index in [2.05, 4.69) is 28.1 Å². The van der Waals surface area contributed by atoms with Crippen molar-refractivity contribution in [2.24, 2.45) is 0 Å². The highest BCUT2D eigenvalue weighted by molar-refractivity contribution is 7.26. The number of aryl methyl sites for hydroxylation is 2. The largest absolute Gasteiger partial charge is 0.486 e. The number of thiophene rings is 1. The third-order valence-corrected chi connectivity index (χ3v) is 6.61. The topological polar surface area (TPSA) is 78.3 Å². The number of aromatic nitrogens is 5. The molecule has 7 nitrogen and oxygen atoms in total. The molecule has 0 N–H and O–H groups in total. The van der Waals surface area contributed by atoms with Gasteiger partial charge in [0.15, 0.2) is 11.4 Å². The first-order valence-electron chi connectivity index (χ1n) is 10.0. The number of hydrogen-bond acceptors (Lipinski definition) is 7. The maximum absolute atomic E-state index is 13.3. The van der Waals surface area contributed by atoms with Crippen molar-refractivity contribution in [2.75, 3.05) is 0 Å². The molecule has 0 saturated heterocycles. The van der Waals surface area contributed by atoms with E-state index in [0.29, 0.717) is 28.7 Å². The number of ether oxygens (including phenoxy) is 1. The van der Waals surface area contributed by atoms with Gasteiger partial charge >= 0.3 is 0 Å². The number of fused-ring (bicyclic) bond motifs is 5. The minimum absolute atomic E-state index is 0.00301. The van der Waals surface area contributed by atoms with Crippen molar-refractivity contribution in [2.45, 2.75) is 20.5 Å². The van der Waals surface area contributed by atoms with Gasteiger partial charge in [0.1, 0.15) is 39.8 Å². The molecule has 33 heavy (non-hydrogen) atoms. The molecule has 5 aromatic heterocycles. The average molecular weight is 480 g/mol. The van der Waals surface area contributed by atoms with Crippen LogP contribution in [-0.4, -0.2) is 24.6 Å². The number of pyridine rings is 1. The Morgan fingerprint density at radius 2 is 2.03 bits per heavy atom. The van der Waals surface area contributed by atoms with Crippen LogP contribution in [0.2, 0.25) is 5.02 Å². The number of furan rings is 1. The summed E-state index contributed by atoms with van der Waals surface area (Å²) in [6, 6.07) is 9.82. The Bertz CT molecular complexity index is 1690. The van der Waals surface area contributed by atoms with E-state index >= 15 is 0 Å². The van der Waals surface area contributed by atoms with E-state index in [4.69, 9.17) is 25.7 Å². The van der Waals surface area contributed by atoms with Gasteiger partial charge in [-0.15, -0.1) is 16.4 Å². The van der Waals surface area contributed by atoms with Gasteiger partial charge in [-0.05, 0) is 49.7 Å². The predicted molar refractivity (Wildman–Crippen MR) is 124 cm³/mol. The molecule has 10 heteroatoms. The fraction of sp³-hybridized carbons (Fsp3) is 0.130. The Kier molecular flexibility index (Phi) is 4.56. The predicted octanol–water partition coefficient (Wildman–Crippen LogP) is 6.14. The Morgan fingerprint density at radius 1 is 1.15 bits per heavy atom. The molecular formula is C23H15ClFN5O2S. The van der Waals surface area contributed by atoms with E-state index in [-0.39, 0.29) is 11.6 Å². The third-order valence-electron chi connectivity index (χ3n) is 5.25. The minimum Gasteiger partial charge on any atom is -0.486 e. The van der Waals surface area contributed by atoms with Crippen LogP contribution in [0, 0.1) is 19.7 Å². The van der Waals surface area contributed by atoms with E-state index in [1.54, 1.807) is 34.3 Å². The average Bonchev–Trinajstić information content (AvgIpc) is 3.49. The molecule has 0 aliphatic rings. The molecule has 6 aromatic rings. The number of nitrogens with zero attached hydrogens (tertiary/aromatic N) is 5. The summed E-state index contributed by atoms with van der Waals surface area (Å²) in [5.74, 6) is 1.48. The zero-order chi connectivity index (χ0) is 22.7. The number of hydrogen-bond donors (Lipinski definition) is 0. The van der Waals surface area contributed by atoms with Crippen molar-refractivity contribution in [3.05, 3.63) is 70.6 Å². The molecule has 0 spiro atoms. The Morgan fingerprint density at radius 3 is 2.88 bits per heavy atom. The summed E-state index contributed by atoms with van der Waals surface area (Å²) < 4.78 is 27.4. The Hall–Kier alpha value is -3.56. The minimum atomic E-state index is -0.495. The van der Waals surface area contributed by atoms with E-state index < -0.39 is 5.82 Å². The van der Waals surface area contributed by atoms with Gasteiger partial charge in [0, 0.05) is 17.1 Å². The zero-order valence-electron chi connectivity index (χ0n) is 17.5. The lowest BCUT2D eigenvalue weighted by atomic mass is 10.1. The maximum atomic E-state index is 13.3. The van der Waals surface area contributed by atoms with Crippen LogP contribution in [0.1, 0.15) is 17.0 Å². The highest BCUT2D eigenvalue weighted by Gasteiger charge is 2.18. The van der Waals surface area contributed by atoms with Crippen LogP contribution < -0.4 is 4.74 Å². The molecule has 0 unspecified atom stereocenters. The van der Waals surface area contributed by atoms with Crippen LogP contribution in [0.3, 0.4) is 0 Å². The first-order valence-corrected chi connectivity index (χ1v) is 11.2. The standard InChI is InChI=1S/C23H15ClFN5O2S/c1-11-7-12(2)27-23-18(11)19-20(33-23)22-28-21(29-30(22)10-26-19)17-6-4-14(32-17)9-31-13-3-5-16(25)15(24)8-13/h3-8,10H,9H2,1-2H3. The fourth-order valence-electron chi connectivity index (χ4n) is 3.77. The van der Waals surface area contributed by atoms with Crippen LogP contribution in [0.4, 0.5) is 4.39 Å². The van der Waals surface area contributed by atoms with Crippen molar-refractivity contribution in [1.82, 2.24) is 24.6 Å². The molecule has 0 saturated carbocycles. The van der Waals surface area contributed by atoms with E-state index in [0.717, 1.165) is 31.7 Å². The van der Waals surface area contributed by atoms with E-state index in [1.807, 2.05) is 6.92 Å². The smallest absolute Gasteiger partial charge is 0.218 e. The summed E-state index contributed by atoms with van der Waals surface area (Å²) in [4.78, 5) is 14.9. The lowest BCUT2D eigenvalue weighted by molar-refractivity contribution is 0.271. The van der Waals surface area contributed by atoms with Crippen molar-refractivity contribution in [1.29, 1.82) is 0 Å². The molecule has 5 heterocycles. The van der Waals surface area contributed by atoms with Gasteiger partial charge in [-0.3, -0.25) is 0 Å². The molecule has 0 radical (unpaired) electrons. The lowest BCUT2D eigenvalue weighted by Crippen LogP contribution is -1.94. The van der Waals surface area contributed by atoms with Crippen LogP contribution >= 0.6 is 22.9 Å². The van der Waals surface area contributed by atoms with Gasteiger partial charge in [0.2, 0.25) is 5.82 Å². The SMILES string of the molecule is Cc1cc(C)c2c(n1)sc1c2ncn2nc(-c3ccc(COc4ccc(F)c(Cl)c4)o3)nc12. The summed E-state index contributed by atoms with van der Waals surface area (Å²) in [6.45, 7) is 4.20. The highest BCUT2D eigenvalue weighted by atomic mass is 35.5. The van der Waals surface area contributed by atoms with E-state index in [1.165, 1.54) is 18.2 Å². The Balaban J connectivity index is 1.34. The maximum Gasteiger partial charge on any atom is 0.218 e. The summed E-state index contributed by atoms with van der Waals surface area (Å²) in [7, 11) is 0. The van der Waals surface area contributed by atoms with Crippen molar-refractivity contribution < 1.29 is 13.5 Å². The van der Waals surface area contributed by atoms with Crippen LogP contribution in [0.15, 0.2) is 47.1 Å². The molecule has 0 fully saturated rings. The molecule has 0 bridgehead atoms. The normalized spacial score (nSPS) is 11.8. The molecule has 164 valence electrons. The summed E-state index contributed by atoms with van der Waals surface area (Å²) >= 11 is 7.35. The summed E-state index contributed by atoms with van der Waals surface area (Å²) in [6.07, 6.45) is 1.66. The molecule has 0 amide bonds. The van der Waals surface area contributed by atoms with Crippen LogP contribution in [0.25, 0.3) is 37.7 Å². The first kappa shape index (κ1) is 20.1. The van der Waals surface area contributed by atoms with Crippen molar-refractivity contribution in [3.8, 4) is 17.3 Å². The van der Waals surface area contributed by atoms with Crippen LogP contribution in [0.5, 0.6) is 5.75 Å². The van der Waals surface area contributed by atoms with Gasteiger partial charge in [-0.1, -0.05) is 11.6 Å². The van der Waals surface area contributed by atoms with Crippen LogP contribution in [-0.2, 0) is 6.61 Å². The first-order chi connectivity index (χ1) is 16.0. The molecule has 0 aliphatic carbocycles. The molecule has 0 atom stereocenters. The number of rotatable bonds is 4. The fourth-order valence-corrected chi connectivity index (χ4v) is 5.17. The molecule has 6 rings (SSSR count). The number of benzene rings is 1. The van der Waals surface area contributed by atoms with Crippen molar-refractivity contribution >= 4 is 49.0 Å². The van der Waals surface area contributed by atoms with Crippen molar-refractivity contribution in [3.63, 3.8) is 0 Å². The number of halogens is 2. The Labute approximate surface area is 195 Å². The van der Waals surface area contributed by atoms with Gasteiger partial charge < -0.3 is 9.15 Å². The zero-order valence-corrected chi connectivity index (χ0v) is 19.0. The van der Waals surface area contributed by atoms with E-state index in [9.17, 15) is 4.39 Å². The second-order valence-electron chi connectivity index (χ2n) is 7.62. The van der Waals surface area contributed by atoms with Gasteiger partial charge in [-0.2, -0.15) is 0 Å². The monoisotopic (exact) mass is 479 g/mol. The third kappa shape index (κ3) is 3.40. The second kappa shape index (κ2) is 7.50. The summed E-state index contributed by atoms with van der Waals surface area (Å²) in [5.41, 5.74) is 3.68. The lowest BCUT2D eigenvalue weighted by Gasteiger charge is -2.04. The van der Waals surface area contributed by atoms with Gasteiger partial charge in [0.05, 0.1) is 10.5 Å². The van der Waals surface area contributed by atoms with Gasteiger partial charge in [0.25, 0.3) is 0 Å². The molecular weight excluding hydrogens is 465 g/mol. The summed E-state index contributed by atoms with van der Waals surface area (Å²) in [5, 5.41) is 5.58. The van der Waals surface area contributed by atoms with Gasteiger partial charge in [-0.25, -0.2) is 23.9 Å². The molecule has 1 aromatic carbocycles. The second-order valence-corrected chi connectivity index (χ2v) is 9.03.